The van der Waals surface area contributed by atoms with Gasteiger partial charge in [0.25, 0.3) is 0 Å². The molecule has 0 aliphatic heterocycles. The Labute approximate surface area is 246 Å². The number of fused-ring (bicyclic) bond motifs is 1. The van der Waals surface area contributed by atoms with E-state index in [1.165, 1.54) is 25.5 Å². The summed E-state index contributed by atoms with van der Waals surface area (Å²) >= 11 is 5.54. The van der Waals surface area contributed by atoms with Gasteiger partial charge in [0.15, 0.2) is 0 Å². The molecule has 2 aliphatic carbocycles. The smallest absolute Gasteiger partial charge is 0.305 e. The summed E-state index contributed by atoms with van der Waals surface area (Å²) in [6, 6.07) is 15.3. The molecule has 1 aromatic carbocycles. The van der Waals surface area contributed by atoms with E-state index in [4.69, 9.17) is 21.3 Å². The Morgan fingerprint density at radius 1 is 1.05 bits per heavy atom. The van der Waals surface area contributed by atoms with Gasteiger partial charge in [0.2, 0.25) is 5.91 Å². The summed E-state index contributed by atoms with van der Waals surface area (Å²) in [5.41, 5.74) is 5.02. The Morgan fingerprint density at radius 2 is 1.80 bits per heavy atom. The number of pyridine rings is 2. The molecule has 0 bridgehead atoms. The quantitative estimate of drug-likeness (QED) is 0.208. The number of ether oxygens (including phenoxy) is 1. The number of benzene rings is 1. The number of nitrogens with one attached hydrogen (secondary N) is 2. The summed E-state index contributed by atoms with van der Waals surface area (Å²) in [4.78, 5) is 32.7. The number of carbonyl (C=O) groups is 2. The molecule has 0 saturated heterocycles. The maximum atomic E-state index is 12.0. The van der Waals surface area contributed by atoms with Crippen LogP contribution in [0, 0.1) is 5.92 Å². The molecule has 2 fully saturated rings. The van der Waals surface area contributed by atoms with Crippen molar-refractivity contribution in [3.8, 4) is 0 Å². The molecule has 2 saturated carbocycles. The molecule has 1 amide bonds. The first-order valence-corrected chi connectivity index (χ1v) is 14.6. The minimum Gasteiger partial charge on any atom is -0.469 e. The number of esters is 1. The van der Waals surface area contributed by atoms with E-state index in [0.717, 1.165) is 40.5 Å². The van der Waals surface area contributed by atoms with Crippen LogP contribution in [0.2, 0.25) is 5.02 Å². The number of aryl methyl sites for hydroxylation is 1. The summed E-state index contributed by atoms with van der Waals surface area (Å²) in [7, 11) is 1.42. The Kier molecular flexibility index (Phi) is 10.7. The molecule has 41 heavy (non-hydrogen) atoms. The molecule has 216 valence electrons. The van der Waals surface area contributed by atoms with Crippen LogP contribution >= 0.6 is 11.6 Å². The molecule has 0 unspecified atom stereocenters. The van der Waals surface area contributed by atoms with E-state index in [-0.39, 0.29) is 17.8 Å². The van der Waals surface area contributed by atoms with Crippen LogP contribution in [0.25, 0.3) is 5.65 Å². The molecular weight excluding hydrogens is 538 g/mol. The molecule has 2 N–H and O–H groups in total. The van der Waals surface area contributed by atoms with Crippen LogP contribution in [-0.2, 0) is 27.3 Å². The van der Waals surface area contributed by atoms with Gasteiger partial charge < -0.3 is 19.8 Å². The number of rotatable bonds is 9. The fourth-order valence-corrected chi connectivity index (χ4v) is 4.43. The molecule has 0 atom stereocenters. The second-order valence-corrected chi connectivity index (χ2v) is 10.4. The summed E-state index contributed by atoms with van der Waals surface area (Å²) in [5.74, 6) is 1.14. The lowest BCUT2D eigenvalue weighted by atomic mass is 10.1. The Hall–Kier alpha value is -3.91. The van der Waals surface area contributed by atoms with Gasteiger partial charge >= 0.3 is 5.97 Å². The summed E-state index contributed by atoms with van der Waals surface area (Å²) in [5, 5.41) is 7.04. The molecule has 3 aromatic heterocycles. The summed E-state index contributed by atoms with van der Waals surface area (Å²) in [6.07, 6.45) is 11.2. The summed E-state index contributed by atoms with van der Waals surface area (Å²) < 4.78 is 6.88. The van der Waals surface area contributed by atoms with Crippen LogP contribution in [0.5, 0.6) is 0 Å². The minimum absolute atomic E-state index is 0.0425. The van der Waals surface area contributed by atoms with Gasteiger partial charge in [-0.25, -0.2) is 9.97 Å². The fourth-order valence-electron chi connectivity index (χ4n) is 4.28. The molecule has 0 spiro atoms. The zero-order valence-electron chi connectivity index (χ0n) is 23.9. The predicted molar refractivity (Wildman–Crippen MR) is 163 cm³/mol. The van der Waals surface area contributed by atoms with Crippen molar-refractivity contribution in [1.29, 1.82) is 0 Å². The minimum atomic E-state index is -0.212. The van der Waals surface area contributed by atoms with E-state index in [9.17, 15) is 9.59 Å². The number of nitrogens with zero attached hydrogens (tertiary/aromatic N) is 3. The van der Waals surface area contributed by atoms with Gasteiger partial charge in [-0.1, -0.05) is 49.7 Å². The van der Waals surface area contributed by atoms with Gasteiger partial charge in [-0.2, -0.15) is 0 Å². The lowest BCUT2D eigenvalue weighted by molar-refractivity contribution is -0.140. The number of hydrogen-bond donors (Lipinski definition) is 2. The van der Waals surface area contributed by atoms with E-state index in [2.05, 4.69) is 32.3 Å². The van der Waals surface area contributed by atoms with Gasteiger partial charge in [-0.15, -0.1) is 0 Å². The van der Waals surface area contributed by atoms with E-state index < -0.39 is 0 Å². The maximum absolute atomic E-state index is 12.0. The highest BCUT2D eigenvalue weighted by Crippen LogP contribution is 2.40. The number of amides is 1. The van der Waals surface area contributed by atoms with Crippen LogP contribution in [0.1, 0.15) is 68.7 Å². The van der Waals surface area contributed by atoms with Gasteiger partial charge in [0.05, 0.1) is 19.3 Å². The van der Waals surface area contributed by atoms with Gasteiger partial charge in [0, 0.05) is 47.7 Å². The number of hydrogen-bond acceptors (Lipinski definition) is 6. The van der Waals surface area contributed by atoms with Crippen LogP contribution in [-0.4, -0.2) is 33.4 Å². The molecule has 6 rings (SSSR count). The Bertz CT molecular complexity index is 1450. The van der Waals surface area contributed by atoms with Gasteiger partial charge in [-0.05, 0) is 67.3 Å². The topological polar surface area (TPSA) is 97.6 Å². The second kappa shape index (κ2) is 14.6. The normalized spacial score (nSPS) is 13.8. The molecule has 4 aromatic rings. The molecule has 2 aliphatic rings. The third-order valence-electron chi connectivity index (χ3n) is 6.74. The third-order valence-corrected chi connectivity index (χ3v) is 6.99. The number of methoxy groups -OCH3 is 1. The first kappa shape index (κ1) is 30.1. The van der Waals surface area contributed by atoms with Crippen LogP contribution < -0.4 is 10.6 Å². The van der Waals surface area contributed by atoms with E-state index in [1.807, 2.05) is 62.5 Å². The van der Waals surface area contributed by atoms with Crippen LogP contribution in [0.15, 0.2) is 67.1 Å². The van der Waals surface area contributed by atoms with Crippen molar-refractivity contribution in [2.24, 2.45) is 5.92 Å². The molecule has 3 heterocycles. The van der Waals surface area contributed by atoms with Crippen molar-refractivity contribution in [1.82, 2.24) is 14.4 Å². The largest absolute Gasteiger partial charge is 0.469 e. The van der Waals surface area contributed by atoms with Crippen molar-refractivity contribution in [3.05, 3.63) is 89.0 Å². The second-order valence-electron chi connectivity index (χ2n) is 9.95. The number of anilines is 2. The SMILES string of the molecule is CC.COC(=O)CCc1cc(C2CC2)cn2cc(CNc3ccnc(NC(=O)C4CC4)c3)nc12.Clc1ccccc1. The van der Waals surface area contributed by atoms with E-state index >= 15 is 0 Å². The Balaban J connectivity index is 0.000000372. The maximum Gasteiger partial charge on any atom is 0.305 e. The van der Waals surface area contributed by atoms with Crippen molar-refractivity contribution in [3.63, 3.8) is 0 Å². The highest BCUT2D eigenvalue weighted by atomic mass is 35.5. The fraction of sp³-hybridized carbons (Fsp3) is 0.375. The van der Waals surface area contributed by atoms with Crippen LogP contribution in [0.4, 0.5) is 11.5 Å². The van der Waals surface area contributed by atoms with Crippen molar-refractivity contribution in [2.75, 3.05) is 17.7 Å². The lowest BCUT2D eigenvalue weighted by Crippen LogP contribution is -2.14. The van der Waals surface area contributed by atoms with Crippen molar-refractivity contribution in [2.45, 2.75) is 64.8 Å². The number of imidazole rings is 1. The standard InChI is InChI=1S/C24H27N5O3.C6H5Cl.C2H6/c1-32-22(30)7-6-17-10-18(15-2-3-15)13-29-14-20(27-23(17)29)12-26-19-8-9-25-21(11-19)28-24(31)16-4-5-16;7-6-4-2-1-3-5-6;1-2/h8-11,13-16H,2-7,12H2,1H3,(H2,25,26,28,31);1-5H;1-2H3. The monoisotopic (exact) mass is 575 g/mol. The third kappa shape index (κ3) is 9.05. The van der Waals surface area contributed by atoms with Crippen LogP contribution in [0.3, 0.4) is 0 Å². The van der Waals surface area contributed by atoms with E-state index in [0.29, 0.717) is 31.1 Å². The average molecular weight is 576 g/mol. The molecule has 9 heteroatoms. The zero-order valence-corrected chi connectivity index (χ0v) is 24.7. The number of aromatic nitrogens is 3. The highest BCUT2D eigenvalue weighted by molar-refractivity contribution is 6.30. The first-order chi connectivity index (χ1) is 20.0. The average Bonchev–Trinajstić information content (AvgIpc) is 3.93. The molecule has 0 radical (unpaired) electrons. The first-order valence-electron chi connectivity index (χ1n) is 14.3. The van der Waals surface area contributed by atoms with Crippen molar-refractivity contribution < 1.29 is 14.3 Å². The number of carbonyl (C=O) groups excluding carboxylic acids is 2. The van der Waals surface area contributed by atoms with Gasteiger partial charge in [0.1, 0.15) is 11.5 Å². The lowest BCUT2D eigenvalue weighted by Gasteiger charge is -2.07. The Morgan fingerprint density at radius 3 is 2.44 bits per heavy atom. The molecule has 8 nitrogen and oxygen atoms in total. The predicted octanol–water partition coefficient (Wildman–Crippen LogP) is 7.04. The van der Waals surface area contributed by atoms with Gasteiger partial charge in [-0.3, -0.25) is 9.59 Å². The molecular formula is C32H38ClN5O3. The highest BCUT2D eigenvalue weighted by Gasteiger charge is 2.29. The summed E-state index contributed by atoms with van der Waals surface area (Å²) in [6.45, 7) is 4.54. The van der Waals surface area contributed by atoms with E-state index in [1.54, 1.807) is 6.20 Å². The van der Waals surface area contributed by atoms with Crippen molar-refractivity contribution >= 4 is 40.6 Å². The zero-order chi connectivity index (χ0) is 29.2. The number of halogens is 1.